The molecule has 0 unspecified atom stereocenters. The average Bonchev–Trinajstić information content (AvgIpc) is 2.84. The van der Waals surface area contributed by atoms with Crippen molar-refractivity contribution in [2.24, 2.45) is 0 Å². The molecule has 0 saturated carbocycles. The Labute approximate surface area is 113 Å². The molecule has 1 aromatic carbocycles. The van der Waals surface area contributed by atoms with E-state index in [2.05, 4.69) is 0 Å². The standard InChI is InChI=1S/C12H10ClNO3S/c13-11-2-1-10(14(15)16)7-12(11)17-5-3-9-4-6-18-8-9/h1-2,4,6-8H,3,5H2. The van der Waals surface area contributed by atoms with Gasteiger partial charge in [0, 0.05) is 12.5 Å². The van der Waals surface area contributed by atoms with E-state index >= 15 is 0 Å². The predicted octanol–water partition coefficient (Wildman–Crippen LogP) is 3.93. The fraction of sp³-hybridized carbons (Fsp3) is 0.167. The van der Waals surface area contributed by atoms with E-state index in [1.807, 2.05) is 16.8 Å². The van der Waals surface area contributed by atoms with Gasteiger partial charge in [0.05, 0.1) is 22.6 Å². The van der Waals surface area contributed by atoms with Gasteiger partial charge in [0.15, 0.2) is 0 Å². The lowest BCUT2D eigenvalue weighted by Gasteiger charge is -2.07. The van der Waals surface area contributed by atoms with E-state index < -0.39 is 4.92 Å². The highest BCUT2D eigenvalue weighted by Gasteiger charge is 2.10. The summed E-state index contributed by atoms with van der Waals surface area (Å²) in [5.74, 6) is 0.348. The fourth-order valence-electron chi connectivity index (χ4n) is 1.43. The number of halogens is 1. The van der Waals surface area contributed by atoms with Crippen molar-refractivity contribution < 1.29 is 9.66 Å². The van der Waals surface area contributed by atoms with Crippen molar-refractivity contribution >= 4 is 28.6 Å². The van der Waals surface area contributed by atoms with Crippen LogP contribution in [0.4, 0.5) is 5.69 Å². The van der Waals surface area contributed by atoms with Crippen LogP contribution in [0.1, 0.15) is 5.56 Å². The minimum atomic E-state index is -0.470. The molecular formula is C12H10ClNO3S. The molecule has 2 rings (SSSR count). The third-order valence-corrected chi connectivity index (χ3v) is 3.40. The van der Waals surface area contributed by atoms with Crippen molar-refractivity contribution in [2.75, 3.05) is 6.61 Å². The van der Waals surface area contributed by atoms with E-state index in [1.165, 1.54) is 23.8 Å². The lowest BCUT2D eigenvalue weighted by molar-refractivity contribution is -0.384. The van der Waals surface area contributed by atoms with Crippen molar-refractivity contribution in [3.63, 3.8) is 0 Å². The molecule has 0 saturated heterocycles. The number of benzene rings is 1. The number of nitrogens with zero attached hydrogens (tertiary/aromatic N) is 1. The minimum absolute atomic E-state index is 0.0232. The number of non-ortho nitro benzene ring substituents is 1. The first-order chi connectivity index (χ1) is 8.66. The summed E-state index contributed by atoms with van der Waals surface area (Å²) >= 11 is 7.54. The topological polar surface area (TPSA) is 52.4 Å². The Hall–Kier alpha value is -1.59. The maximum Gasteiger partial charge on any atom is 0.273 e. The highest BCUT2D eigenvalue weighted by atomic mass is 35.5. The normalized spacial score (nSPS) is 10.3. The predicted molar refractivity (Wildman–Crippen MR) is 71.6 cm³/mol. The Bertz CT molecular complexity index is 542. The van der Waals surface area contributed by atoms with Crippen molar-refractivity contribution in [3.05, 3.63) is 55.7 Å². The number of thiophene rings is 1. The summed E-state index contributed by atoms with van der Waals surface area (Å²) in [5, 5.41) is 15.0. The molecule has 0 N–H and O–H groups in total. The van der Waals surface area contributed by atoms with Gasteiger partial charge in [0.2, 0.25) is 0 Å². The lowest BCUT2D eigenvalue weighted by Crippen LogP contribution is -2.01. The molecule has 0 radical (unpaired) electrons. The molecule has 94 valence electrons. The number of hydrogen-bond acceptors (Lipinski definition) is 4. The number of nitro groups is 1. The van der Waals surface area contributed by atoms with Crippen LogP contribution < -0.4 is 4.74 Å². The van der Waals surface area contributed by atoms with Gasteiger partial charge >= 0.3 is 0 Å². The van der Waals surface area contributed by atoms with Crippen LogP contribution in [0.15, 0.2) is 35.0 Å². The first-order valence-corrected chi connectivity index (χ1v) is 6.56. The average molecular weight is 284 g/mol. The third-order valence-electron chi connectivity index (χ3n) is 2.35. The molecule has 2 aromatic rings. The zero-order valence-electron chi connectivity index (χ0n) is 9.34. The highest BCUT2D eigenvalue weighted by Crippen LogP contribution is 2.28. The second kappa shape index (κ2) is 5.84. The van der Waals surface area contributed by atoms with Crippen molar-refractivity contribution in [3.8, 4) is 5.75 Å². The van der Waals surface area contributed by atoms with Gasteiger partial charge < -0.3 is 4.74 Å². The zero-order valence-corrected chi connectivity index (χ0v) is 10.9. The highest BCUT2D eigenvalue weighted by molar-refractivity contribution is 7.07. The summed E-state index contributed by atoms with van der Waals surface area (Å²) in [6, 6.07) is 6.19. The van der Waals surface area contributed by atoms with Gasteiger partial charge in [-0.2, -0.15) is 11.3 Å². The molecule has 6 heteroatoms. The van der Waals surface area contributed by atoms with Crippen LogP contribution in [0.5, 0.6) is 5.75 Å². The molecule has 0 fully saturated rings. The van der Waals surface area contributed by atoms with Crippen LogP contribution in [0.3, 0.4) is 0 Å². The Morgan fingerprint density at radius 3 is 2.89 bits per heavy atom. The maximum atomic E-state index is 10.6. The Morgan fingerprint density at radius 1 is 1.39 bits per heavy atom. The van der Waals surface area contributed by atoms with Gasteiger partial charge in [-0.05, 0) is 28.5 Å². The van der Waals surface area contributed by atoms with Gasteiger partial charge in [-0.25, -0.2) is 0 Å². The lowest BCUT2D eigenvalue weighted by atomic mass is 10.2. The van der Waals surface area contributed by atoms with Crippen molar-refractivity contribution in [1.29, 1.82) is 0 Å². The molecule has 0 spiro atoms. The maximum absolute atomic E-state index is 10.6. The SMILES string of the molecule is O=[N+]([O-])c1ccc(Cl)c(OCCc2ccsc2)c1. The van der Waals surface area contributed by atoms with E-state index in [0.717, 1.165) is 6.42 Å². The van der Waals surface area contributed by atoms with E-state index in [-0.39, 0.29) is 5.69 Å². The van der Waals surface area contributed by atoms with E-state index in [0.29, 0.717) is 17.4 Å². The van der Waals surface area contributed by atoms with E-state index in [9.17, 15) is 10.1 Å². The molecule has 1 aromatic heterocycles. The molecule has 0 bridgehead atoms. The Morgan fingerprint density at radius 2 is 2.22 bits per heavy atom. The van der Waals surface area contributed by atoms with Crippen LogP contribution in [-0.2, 0) is 6.42 Å². The smallest absolute Gasteiger partial charge is 0.273 e. The quantitative estimate of drug-likeness (QED) is 0.617. The monoisotopic (exact) mass is 283 g/mol. The van der Waals surface area contributed by atoms with Crippen LogP contribution in [0, 0.1) is 10.1 Å². The second-order valence-electron chi connectivity index (χ2n) is 3.60. The molecule has 0 atom stereocenters. The number of rotatable bonds is 5. The first kappa shape index (κ1) is 12.9. The Kier molecular flexibility index (Phi) is 4.17. The fourth-order valence-corrected chi connectivity index (χ4v) is 2.31. The minimum Gasteiger partial charge on any atom is -0.491 e. The summed E-state index contributed by atoms with van der Waals surface area (Å²) in [6.07, 6.45) is 0.753. The summed E-state index contributed by atoms with van der Waals surface area (Å²) in [5.41, 5.74) is 1.16. The zero-order chi connectivity index (χ0) is 13.0. The van der Waals surface area contributed by atoms with Crippen molar-refractivity contribution in [1.82, 2.24) is 0 Å². The third kappa shape index (κ3) is 3.21. The summed E-state index contributed by atoms with van der Waals surface area (Å²) in [4.78, 5) is 10.2. The van der Waals surface area contributed by atoms with E-state index in [1.54, 1.807) is 11.3 Å². The van der Waals surface area contributed by atoms with Gasteiger partial charge in [-0.3, -0.25) is 10.1 Å². The molecule has 1 heterocycles. The first-order valence-electron chi connectivity index (χ1n) is 5.24. The van der Waals surface area contributed by atoms with Crippen LogP contribution >= 0.6 is 22.9 Å². The summed E-state index contributed by atoms with van der Waals surface area (Å²) in [6.45, 7) is 0.442. The van der Waals surface area contributed by atoms with Gasteiger partial charge in [0.1, 0.15) is 5.75 Å². The summed E-state index contributed by atoms with van der Waals surface area (Å²) < 4.78 is 5.47. The largest absolute Gasteiger partial charge is 0.491 e. The molecule has 0 aliphatic rings. The van der Waals surface area contributed by atoms with Crippen molar-refractivity contribution in [2.45, 2.75) is 6.42 Å². The molecule has 0 amide bonds. The van der Waals surface area contributed by atoms with Gasteiger partial charge in [-0.15, -0.1) is 0 Å². The summed E-state index contributed by atoms with van der Waals surface area (Å²) in [7, 11) is 0. The van der Waals surface area contributed by atoms with E-state index in [4.69, 9.17) is 16.3 Å². The van der Waals surface area contributed by atoms with Crippen LogP contribution in [0.25, 0.3) is 0 Å². The molecule has 18 heavy (non-hydrogen) atoms. The molecular weight excluding hydrogens is 274 g/mol. The number of nitro benzene ring substituents is 1. The number of hydrogen-bond donors (Lipinski definition) is 0. The van der Waals surface area contributed by atoms with Gasteiger partial charge in [0.25, 0.3) is 5.69 Å². The molecule has 4 nitrogen and oxygen atoms in total. The molecule has 0 aliphatic carbocycles. The molecule has 0 aliphatic heterocycles. The number of ether oxygens (including phenoxy) is 1. The van der Waals surface area contributed by atoms with Crippen LogP contribution in [0.2, 0.25) is 5.02 Å². The Balaban J connectivity index is 2.00. The second-order valence-corrected chi connectivity index (χ2v) is 4.79. The van der Waals surface area contributed by atoms with Gasteiger partial charge in [-0.1, -0.05) is 11.6 Å². The van der Waals surface area contributed by atoms with Crippen LogP contribution in [-0.4, -0.2) is 11.5 Å².